The third kappa shape index (κ3) is 7.31. The fraction of sp³-hybridized carbons (Fsp3) is 0.625. The van der Waals surface area contributed by atoms with Gasteiger partial charge in [0.05, 0.1) is 5.60 Å². The molecule has 9 heteroatoms. The van der Waals surface area contributed by atoms with Gasteiger partial charge < -0.3 is 25.4 Å². The average molecular weight is 463 g/mol. The van der Waals surface area contributed by atoms with E-state index in [4.69, 9.17) is 0 Å². The number of nitrogens with one attached hydrogen (secondary N) is 3. The second kappa shape index (κ2) is 11.7. The highest BCUT2D eigenvalue weighted by molar-refractivity contribution is 6.01. The van der Waals surface area contributed by atoms with Gasteiger partial charge in [-0.25, -0.2) is 4.39 Å². The van der Waals surface area contributed by atoms with E-state index >= 15 is 0 Å². The molecule has 0 bridgehead atoms. The number of halogens is 1. The van der Waals surface area contributed by atoms with E-state index in [1.54, 1.807) is 0 Å². The summed E-state index contributed by atoms with van der Waals surface area (Å²) in [6.45, 7) is 3.62. The summed E-state index contributed by atoms with van der Waals surface area (Å²) in [4.78, 5) is 35.2. The highest BCUT2D eigenvalue weighted by Crippen LogP contribution is 2.31. The van der Waals surface area contributed by atoms with Crippen LogP contribution < -0.4 is 16.0 Å². The number of benzene rings is 1. The lowest BCUT2D eigenvalue weighted by atomic mass is 9.89. The maximum Gasteiger partial charge on any atom is 0.249 e. The zero-order valence-electron chi connectivity index (χ0n) is 19.2. The third-order valence-corrected chi connectivity index (χ3v) is 6.74. The van der Waals surface area contributed by atoms with Gasteiger partial charge in [0.25, 0.3) is 0 Å². The molecular formula is C24H35FN4O4. The minimum Gasteiger partial charge on any atom is -0.389 e. The Morgan fingerprint density at radius 2 is 1.91 bits per heavy atom. The SMILES string of the molecule is CN1CCC(c2ccc(NC3CCC(=O)NC3=O)cc2F)CC1.O=CCC1(O)CCNCC1. The number of piperidine rings is 3. The van der Waals surface area contributed by atoms with Gasteiger partial charge in [0, 0.05) is 18.5 Å². The van der Waals surface area contributed by atoms with E-state index < -0.39 is 11.6 Å². The number of carbonyl (C=O) groups is 3. The summed E-state index contributed by atoms with van der Waals surface area (Å²) < 4.78 is 14.4. The monoisotopic (exact) mass is 462 g/mol. The van der Waals surface area contributed by atoms with E-state index in [2.05, 4.69) is 27.9 Å². The summed E-state index contributed by atoms with van der Waals surface area (Å²) in [6.07, 6.45) is 5.15. The quantitative estimate of drug-likeness (QED) is 0.388. The molecule has 1 unspecified atom stereocenters. The van der Waals surface area contributed by atoms with Crippen LogP contribution in [0.25, 0.3) is 0 Å². The number of hydrogen-bond donors (Lipinski definition) is 4. The number of amides is 2. The largest absolute Gasteiger partial charge is 0.389 e. The molecule has 0 aliphatic carbocycles. The molecule has 1 aromatic rings. The predicted octanol–water partition coefficient (Wildman–Crippen LogP) is 1.54. The predicted molar refractivity (Wildman–Crippen MR) is 123 cm³/mol. The summed E-state index contributed by atoms with van der Waals surface area (Å²) in [5.41, 5.74) is 0.632. The van der Waals surface area contributed by atoms with Crippen LogP contribution in [-0.2, 0) is 14.4 Å². The molecule has 4 rings (SSSR count). The Balaban J connectivity index is 0.000000257. The normalized spacial score (nSPS) is 23.8. The van der Waals surface area contributed by atoms with Gasteiger partial charge >= 0.3 is 0 Å². The van der Waals surface area contributed by atoms with Crippen molar-refractivity contribution in [3.63, 3.8) is 0 Å². The van der Waals surface area contributed by atoms with Crippen LogP contribution in [0.5, 0.6) is 0 Å². The second-order valence-electron chi connectivity index (χ2n) is 9.31. The fourth-order valence-corrected chi connectivity index (χ4v) is 4.55. The van der Waals surface area contributed by atoms with Crippen LogP contribution in [0.4, 0.5) is 10.1 Å². The lowest BCUT2D eigenvalue weighted by molar-refractivity contribution is -0.133. The Hall–Kier alpha value is -2.36. The zero-order valence-corrected chi connectivity index (χ0v) is 19.2. The number of likely N-dealkylation sites (tertiary alicyclic amines) is 1. The molecule has 0 radical (unpaired) electrons. The van der Waals surface area contributed by atoms with Crippen LogP contribution >= 0.6 is 0 Å². The minimum atomic E-state index is -0.701. The molecule has 3 aliphatic heterocycles. The molecular weight excluding hydrogens is 427 g/mol. The highest BCUT2D eigenvalue weighted by atomic mass is 19.1. The first kappa shape index (κ1) is 25.3. The molecule has 0 aromatic heterocycles. The summed E-state index contributed by atoms with van der Waals surface area (Å²) in [7, 11) is 2.08. The first-order chi connectivity index (χ1) is 15.8. The number of carbonyl (C=O) groups excluding carboxylic acids is 3. The highest BCUT2D eigenvalue weighted by Gasteiger charge is 2.28. The molecule has 1 aromatic carbocycles. The van der Waals surface area contributed by atoms with E-state index in [1.165, 1.54) is 6.07 Å². The zero-order chi connectivity index (χ0) is 23.8. The fourth-order valence-electron chi connectivity index (χ4n) is 4.55. The van der Waals surface area contributed by atoms with Crippen molar-refractivity contribution >= 4 is 23.8 Å². The number of rotatable bonds is 5. The van der Waals surface area contributed by atoms with Crippen molar-refractivity contribution in [1.82, 2.24) is 15.5 Å². The van der Waals surface area contributed by atoms with Crippen molar-refractivity contribution in [1.29, 1.82) is 0 Å². The van der Waals surface area contributed by atoms with Crippen LogP contribution in [0.2, 0.25) is 0 Å². The number of aldehydes is 1. The van der Waals surface area contributed by atoms with Crippen LogP contribution in [-0.4, -0.2) is 73.0 Å². The van der Waals surface area contributed by atoms with E-state index in [1.807, 2.05) is 12.1 Å². The first-order valence-electron chi connectivity index (χ1n) is 11.7. The molecule has 3 fully saturated rings. The van der Waals surface area contributed by atoms with E-state index in [0.29, 0.717) is 31.4 Å². The Kier molecular flexibility index (Phi) is 8.94. The molecule has 3 saturated heterocycles. The van der Waals surface area contributed by atoms with Crippen LogP contribution in [0.3, 0.4) is 0 Å². The molecule has 4 N–H and O–H groups in total. The van der Waals surface area contributed by atoms with Crippen LogP contribution in [0, 0.1) is 5.82 Å². The molecule has 0 saturated carbocycles. The minimum absolute atomic E-state index is 0.225. The lowest BCUT2D eigenvalue weighted by Gasteiger charge is -2.30. The van der Waals surface area contributed by atoms with Gasteiger partial charge in [0.15, 0.2) is 0 Å². The molecule has 3 aliphatic rings. The van der Waals surface area contributed by atoms with Crippen molar-refractivity contribution in [2.45, 2.75) is 62.5 Å². The Morgan fingerprint density at radius 3 is 2.52 bits per heavy atom. The van der Waals surface area contributed by atoms with Crippen molar-refractivity contribution in [3.05, 3.63) is 29.6 Å². The van der Waals surface area contributed by atoms with Gasteiger partial charge in [-0.2, -0.15) is 0 Å². The maximum atomic E-state index is 14.4. The Bertz CT molecular complexity index is 836. The molecule has 2 amide bonds. The Labute approximate surface area is 194 Å². The van der Waals surface area contributed by atoms with E-state index in [0.717, 1.165) is 50.9 Å². The number of imide groups is 1. The summed E-state index contributed by atoms with van der Waals surface area (Å²) in [5, 5.41) is 18.0. The number of anilines is 1. The Morgan fingerprint density at radius 1 is 1.21 bits per heavy atom. The van der Waals surface area contributed by atoms with Crippen LogP contribution in [0.1, 0.15) is 56.4 Å². The van der Waals surface area contributed by atoms with E-state index in [-0.39, 0.29) is 30.0 Å². The van der Waals surface area contributed by atoms with Gasteiger partial charge in [-0.3, -0.25) is 14.9 Å². The van der Waals surface area contributed by atoms with Gasteiger partial charge in [0.1, 0.15) is 18.1 Å². The molecule has 3 heterocycles. The number of nitrogens with zero attached hydrogens (tertiary/aromatic N) is 1. The molecule has 8 nitrogen and oxygen atoms in total. The van der Waals surface area contributed by atoms with Gasteiger partial charge in [-0.1, -0.05) is 6.07 Å². The van der Waals surface area contributed by atoms with E-state index in [9.17, 15) is 23.9 Å². The molecule has 0 spiro atoms. The summed E-state index contributed by atoms with van der Waals surface area (Å²) in [5.74, 6) is -0.564. The van der Waals surface area contributed by atoms with Crippen LogP contribution in [0.15, 0.2) is 18.2 Å². The standard InChI is InChI=1S/C17H22FN3O2.C7H13NO2/c1-21-8-6-11(7-9-21)13-3-2-12(10-14(13)18)19-15-4-5-16(22)20-17(15)23;9-6-3-7(10)1-4-8-5-2-7/h2-3,10-11,15,19H,4-9H2,1H3,(H,20,22,23);6,8,10H,1-5H2. The van der Waals surface area contributed by atoms with Gasteiger partial charge in [-0.15, -0.1) is 0 Å². The second-order valence-corrected chi connectivity index (χ2v) is 9.31. The topological polar surface area (TPSA) is 111 Å². The number of hydrogen-bond acceptors (Lipinski definition) is 7. The number of aliphatic hydroxyl groups is 1. The van der Waals surface area contributed by atoms with Crippen molar-refractivity contribution in [2.75, 3.05) is 38.5 Å². The first-order valence-corrected chi connectivity index (χ1v) is 11.7. The van der Waals surface area contributed by atoms with Gasteiger partial charge in [-0.05, 0) is 88.9 Å². The van der Waals surface area contributed by atoms with Crippen molar-refractivity contribution in [2.24, 2.45) is 0 Å². The third-order valence-electron chi connectivity index (χ3n) is 6.74. The average Bonchev–Trinajstić information content (AvgIpc) is 2.78. The van der Waals surface area contributed by atoms with Gasteiger partial charge in [0.2, 0.25) is 11.8 Å². The lowest BCUT2D eigenvalue weighted by Crippen LogP contribution is -2.47. The maximum absolute atomic E-state index is 14.4. The summed E-state index contributed by atoms with van der Waals surface area (Å²) in [6, 6.07) is 4.61. The summed E-state index contributed by atoms with van der Waals surface area (Å²) >= 11 is 0. The molecule has 182 valence electrons. The van der Waals surface area contributed by atoms with Crippen molar-refractivity contribution < 1.29 is 23.9 Å². The molecule has 1 atom stereocenters. The smallest absolute Gasteiger partial charge is 0.249 e. The molecule has 33 heavy (non-hydrogen) atoms. The van der Waals surface area contributed by atoms with Crippen molar-refractivity contribution in [3.8, 4) is 0 Å².